The van der Waals surface area contributed by atoms with Crippen LogP contribution in [0.4, 0.5) is 15.9 Å². The Bertz CT molecular complexity index is 1340. The first-order chi connectivity index (χ1) is 17.7. The average molecular weight is 507 g/mol. The topological polar surface area (TPSA) is 75.5 Å². The van der Waals surface area contributed by atoms with Crippen LogP contribution in [0, 0.1) is 18.8 Å². The fraction of sp³-hybridized carbons (Fsp3) is 0.536. The lowest BCUT2D eigenvalue weighted by molar-refractivity contribution is -0.117. The van der Waals surface area contributed by atoms with Gasteiger partial charge in [-0.1, -0.05) is 6.92 Å². The zero-order valence-corrected chi connectivity index (χ0v) is 21.9. The van der Waals surface area contributed by atoms with E-state index in [1.54, 1.807) is 4.68 Å². The molecule has 6 rings (SSSR count). The number of carbonyl (C=O) groups is 1. The molecule has 5 atom stereocenters. The van der Waals surface area contributed by atoms with Crippen molar-refractivity contribution in [1.82, 2.24) is 19.7 Å². The first kappa shape index (κ1) is 24.3. The summed E-state index contributed by atoms with van der Waals surface area (Å²) in [5.41, 5.74) is 2.94. The number of pyridine rings is 1. The number of nitrogens with zero attached hydrogens (tertiary/aromatic N) is 5. The molecular formula is C28H35FN6O2. The number of fused-ring (bicyclic) bond motifs is 1. The summed E-state index contributed by atoms with van der Waals surface area (Å²) in [5.74, 6) is 0.996. The Kier molecular flexibility index (Phi) is 5.95. The van der Waals surface area contributed by atoms with Crippen molar-refractivity contribution in [2.24, 2.45) is 18.9 Å². The number of piperazine rings is 1. The Labute approximate surface area is 216 Å². The van der Waals surface area contributed by atoms with Gasteiger partial charge in [0.2, 0.25) is 5.91 Å². The lowest BCUT2D eigenvalue weighted by atomic mass is 9.96. The summed E-state index contributed by atoms with van der Waals surface area (Å²) in [4.78, 5) is 22.2. The van der Waals surface area contributed by atoms with Crippen LogP contribution in [0.15, 0.2) is 36.8 Å². The monoisotopic (exact) mass is 506 g/mol. The number of benzene rings is 1. The number of aryl methyl sites for hydroxylation is 2. The van der Waals surface area contributed by atoms with Crippen LogP contribution < -0.4 is 10.2 Å². The van der Waals surface area contributed by atoms with E-state index in [0.717, 1.165) is 42.5 Å². The number of halogens is 1. The van der Waals surface area contributed by atoms with E-state index in [2.05, 4.69) is 51.2 Å². The second-order valence-corrected chi connectivity index (χ2v) is 11.2. The number of rotatable bonds is 5. The van der Waals surface area contributed by atoms with E-state index in [-0.39, 0.29) is 30.3 Å². The maximum atomic E-state index is 14.5. The minimum Gasteiger partial charge on any atom is -0.376 e. The summed E-state index contributed by atoms with van der Waals surface area (Å²) < 4.78 is 21.7. The second kappa shape index (κ2) is 9.06. The highest BCUT2D eigenvalue weighted by Crippen LogP contribution is 2.54. The zero-order chi connectivity index (χ0) is 25.9. The molecule has 2 saturated heterocycles. The van der Waals surface area contributed by atoms with Crippen molar-refractivity contribution >= 4 is 28.2 Å². The van der Waals surface area contributed by atoms with Crippen LogP contribution in [-0.2, 0) is 16.6 Å². The molecule has 196 valence electrons. The highest BCUT2D eigenvalue weighted by Gasteiger charge is 2.53. The van der Waals surface area contributed by atoms with Crippen LogP contribution in [-0.4, -0.2) is 76.7 Å². The number of nitrogens with one attached hydrogen (secondary N) is 1. The third-order valence-corrected chi connectivity index (χ3v) is 8.76. The van der Waals surface area contributed by atoms with E-state index in [1.807, 2.05) is 38.6 Å². The minimum atomic E-state index is -0.944. The quantitative estimate of drug-likeness (QED) is 0.571. The van der Waals surface area contributed by atoms with E-state index >= 15 is 0 Å². The molecule has 37 heavy (non-hydrogen) atoms. The summed E-state index contributed by atoms with van der Waals surface area (Å²) in [6.45, 7) is 10.1. The van der Waals surface area contributed by atoms with Crippen LogP contribution in [0.2, 0.25) is 0 Å². The first-order valence-electron chi connectivity index (χ1n) is 13.2. The van der Waals surface area contributed by atoms with Gasteiger partial charge in [-0.25, -0.2) is 9.37 Å². The van der Waals surface area contributed by atoms with Crippen LogP contribution in [0.3, 0.4) is 0 Å². The molecule has 8 nitrogen and oxygen atoms in total. The van der Waals surface area contributed by atoms with Crippen molar-refractivity contribution in [3.8, 4) is 0 Å². The molecule has 0 radical (unpaired) electrons. The standard InChI is InChI=1S/C28H35FN6O2/c1-17-9-20-12-30-24(32-27(36)26-18(2)25(26)21-13-31-33(4)14-21)11-19(20)10-22(17)34-5-7-35(8-6-34)28(3)16-37-15-23(28)29/h9-14,18,23,25-26H,5-8,15-16H2,1-4H3,(H,30,32,36)/t18?,23-,25?,26?,28+/m1/s1. The van der Waals surface area contributed by atoms with Crippen molar-refractivity contribution in [3.63, 3.8) is 0 Å². The molecule has 1 N–H and O–H groups in total. The molecule has 4 heterocycles. The molecule has 2 aromatic heterocycles. The Morgan fingerprint density at radius 3 is 2.62 bits per heavy atom. The number of ether oxygens (including phenoxy) is 1. The maximum absolute atomic E-state index is 14.5. The highest BCUT2D eigenvalue weighted by molar-refractivity contribution is 5.97. The van der Waals surface area contributed by atoms with E-state index < -0.39 is 11.7 Å². The van der Waals surface area contributed by atoms with Crippen molar-refractivity contribution in [1.29, 1.82) is 0 Å². The normalized spacial score (nSPS) is 30.1. The van der Waals surface area contributed by atoms with Crippen LogP contribution in [0.5, 0.6) is 0 Å². The molecule has 3 aliphatic rings. The summed E-state index contributed by atoms with van der Waals surface area (Å²) in [5, 5.41) is 9.39. The molecule has 0 bridgehead atoms. The van der Waals surface area contributed by atoms with Crippen LogP contribution in [0.1, 0.15) is 30.9 Å². The SMILES string of the molecule is Cc1cc2cnc(NC(=O)C3C(C)C3c3cnn(C)c3)cc2cc1N1CCN([C@@]2(C)COC[C@H]2F)CC1. The fourth-order valence-corrected chi connectivity index (χ4v) is 6.29. The van der Waals surface area contributed by atoms with Crippen molar-refractivity contribution in [2.45, 2.75) is 38.4 Å². The van der Waals surface area contributed by atoms with Gasteiger partial charge in [0.1, 0.15) is 12.0 Å². The van der Waals surface area contributed by atoms with Crippen LogP contribution in [0.25, 0.3) is 10.8 Å². The van der Waals surface area contributed by atoms with Gasteiger partial charge in [0, 0.05) is 68.5 Å². The Hall–Kier alpha value is -3.04. The van der Waals surface area contributed by atoms with Gasteiger partial charge in [0.05, 0.1) is 24.9 Å². The third-order valence-electron chi connectivity index (χ3n) is 8.76. The van der Waals surface area contributed by atoms with Gasteiger partial charge in [-0.15, -0.1) is 0 Å². The molecule has 1 amide bonds. The molecule has 3 unspecified atom stereocenters. The number of carbonyl (C=O) groups excluding carboxylic acids is 1. The number of alkyl halides is 1. The van der Waals surface area contributed by atoms with E-state index in [0.29, 0.717) is 12.4 Å². The van der Waals surface area contributed by atoms with Crippen molar-refractivity contribution in [2.75, 3.05) is 49.6 Å². The first-order valence-corrected chi connectivity index (χ1v) is 13.2. The molecule has 0 spiro atoms. The second-order valence-electron chi connectivity index (χ2n) is 11.2. The third kappa shape index (κ3) is 4.28. The predicted octanol–water partition coefficient (Wildman–Crippen LogP) is 3.51. The molecule has 3 fully saturated rings. The van der Waals surface area contributed by atoms with Crippen molar-refractivity contribution in [3.05, 3.63) is 47.9 Å². The van der Waals surface area contributed by atoms with Crippen LogP contribution >= 0.6 is 0 Å². The van der Waals surface area contributed by atoms with Gasteiger partial charge in [-0.3, -0.25) is 14.4 Å². The number of hydrogen-bond acceptors (Lipinski definition) is 6. The molecule has 1 aromatic carbocycles. The zero-order valence-electron chi connectivity index (χ0n) is 21.9. The van der Waals surface area contributed by atoms with E-state index in [1.165, 1.54) is 11.3 Å². The largest absolute Gasteiger partial charge is 0.376 e. The molecule has 1 aliphatic carbocycles. The molecule has 3 aromatic rings. The highest BCUT2D eigenvalue weighted by atomic mass is 19.1. The van der Waals surface area contributed by atoms with Gasteiger partial charge < -0.3 is 15.0 Å². The number of amides is 1. The Morgan fingerprint density at radius 2 is 1.95 bits per heavy atom. The molecule has 9 heteroatoms. The van der Waals surface area contributed by atoms with E-state index in [9.17, 15) is 9.18 Å². The maximum Gasteiger partial charge on any atom is 0.229 e. The lowest BCUT2D eigenvalue weighted by Crippen LogP contribution is -2.59. The van der Waals surface area contributed by atoms with E-state index in [4.69, 9.17) is 4.74 Å². The van der Waals surface area contributed by atoms with Gasteiger partial charge >= 0.3 is 0 Å². The number of hydrogen-bond donors (Lipinski definition) is 1. The number of aromatic nitrogens is 3. The van der Waals surface area contributed by atoms with Gasteiger partial charge in [-0.2, -0.15) is 5.10 Å². The molecular weight excluding hydrogens is 471 g/mol. The smallest absolute Gasteiger partial charge is 0.229 e. The average Bonchev–Trinajstić information content (AvgIpc) is 3.15. The van der Waals surface area contributed by atoms with Gasteiger partial charge in [0.25, 0.3) is 0 Å². The Morgan fingerprint density at radius 1 is 1.16 bits per heavy atom. The summed E-state index contributed by atoms with van der Waals surface area (Å²) in [7, 11) is 1.89. The molecule has 2 aliphatic heterocycles. The number of anilines is 2. The van der Waals surface area contributed by atoms with Gasteiger partial charge in [0.15, 0.2) is 0 Å². The van der Waals surface area contributed by atoms with Gasteiger partial charge in [-0.05, 0) is 54.5 Å². The molecule has 1 saturated carbocycles. The van der Waals surface area contributed by atoms with Crippen molar-refractivity contribution < 1.29 is 13.9 Å². The fourth-order valence-electron chi connectivity index (χ4n) is 6.29. The lowest BCUT2D eigenvalue weighted by Gasteiger charge is -2.45. The summed E-state index contributed by atoms with van der Waals surface area (Å²) in [6, 6.07) is 6.30. The summed E-state index contributed by atoms with van der Waals surface area (Å²) in [6.07, 6.45) is 4.73. The predicted molar refractivity (Wildman–Crippen MR) is 142 cm³/mol. The Balaban J connectivity index is 1.16. The summed E-state index contributed by atoms with van der Waals surface area (Å²) >= 11 is 0. The minimum absolute atomic E-state index is 0.00668.